The highest BCUT2D eigenvalue weighted by Crippen LogP contribution is 1.97. The SMILES string of the molecule is CN(CCCC(=O)O)S(C)(=O)=O. The molecule has 0 aromatic heterocycles. The normalized spacial score (nSPS) is 11.9. The van der Waals surface area contributed by atoms with Crippen LogP contribution in [0.2, 0.25) is 0 Å². The largest absolute Gasteiger partial charge is 0.481 e. The molecule has 0 aromatic carbocycles. The molecule has 0 amide bonds. The van der Waals surface area contributed by atoms with E-state index < -0.39 is 16.0 Å². The molecule has 0 spiro atoms. The van der Waals surface area contributed by atoms with Gasteiger partial charge < -0.3 is 5.11 Å². The topological polar surface area (TPSA) is 74.7 Å². The molecule has 0 bridgehead atoms. The summed E-state index contributed by atoms with van der Waals surface area (Å²) >= 11 is 0. The third kappa shape index (κ3) is 5.09. The number of hydrogen-bond donors (Lipinski definition) is 1. The van der Waals surface area contributed by atoms with Crippen molar-refractivity contribution in [2.24, 2.45) is 0 Å². The molecule has 0 aliphatic heterocycles. The van der Waals surface area contributed by atoms with E-state index in [1.54, 1.807) is 0 Å². The zero-order valence-corrected chi connectivity index (χ0v) is 7.97. The third-order valence-electron chi connectivity index (χ3n) is 1.43. The van der Waals surface area contributed by atoms with Crippen molar-refractivity contribution in [3.63, 3.8) is 0 Å². The van der Waals surface area contributed by atoms with Crippen molar-refractivity contribution in [2.75, 3.05) is 19.8 Å². The van der Waals surface area contributed by atoms with Gasteiger partial charge in [0.05, 0.1) is 6.26 Å². The minimum atomic E-state index is -3.16. The number of nitrogens with zero attached hydrogens (tertiary/aromatic N) is 1. The summed E-state index contributed by atoms with van der Waals surface area (Å²) in [6.07, 6.45) is 1.44. The first-order chi connectivity index (χ1) is 5.34. The standard InChI is InChI=1S/C6H13NO4S/c1-7(12(2,10)11)5-3-4-6(8)9/h3-5H2,1-2H3,(H,8,9). The second kappa shape index (κ2) is 4.42. The van der Waals surface area contributed by atoms with E-state index in [2.05, 4.69) is 0 Å². The van der Waals surface area contributed by atoms with E-state index in [-0.39, 0.29) is 13.0 Å². The van der Waals surface area contributed by atoms with Crippen LogP contribution in [0, 0.1) is 0 Å². The summed E-state index contributed by atoms with van der Waals surface area (Å²) in [6.45, 7) is 0.255. The molecule has 0 saturated heterocycles. The Labute approximate surface area is 72.0 Å². The molecular weight excluding hydrogens is 182 g/mol. The first-order valence-corrected chi connectivity index (χ1v) is 5.32. The van der Waals surface area contributed by atoms with Crippen molar-refractivity contribution >= 4 is 16.0 Å². The van der Waals surface area contributed by atoms with Crippen LogP contribution < -0.4 is 0 Å². The summed E-state index contributed by atoms with van der Waals surface area (Å²) in [4.78, 5) is 10.1. The number of sulfonamides is 1. The Hall–Kier alpha value is -0.620. The molecule has 0 atom stereocenters. The highest BCUT2D eigenvalue weighted by Gasteiger charge is 2.10. The number of carboxylic acids is 1. The lowest BCUT2D eigenvalue weighted by Gasteiger charge is -2.12. The minimum Gasteiger partial charge on any atom is -0.481 e. The fraction of sp³-hybridized carbons (Fsp3) is 0.833. The summed E-state index contributed by atoms with van der Waals surface area (Å²) in [6, 6.07) is 0. The Bertz CT molecular complexity index is 246. The van der Waals surface area contributed by atoms with Gasteiger partial charge in [-0.3, -0.25) is 4.79 Å². The van der Waals surface area contributed by atoms with Gasteiger partial charge in [-0.25, -0.2) is 12.7 Å². The predicted octanol–water partition coefficient (Wildman–Crippen LogP) is -0.257. The van der Waals surface area contributed by atoms with Crippen LogP contribution in [0.4, 0.5) is 0 Å². The molecule has 0 rings (SSSR count). The fourth-order valence-electron chi connectivity index (χ4n) is 0.619. The van der Waals surface area contributed by atoms with Crippen molar-refractivity contribution in [3.05, 3.63) is 0 Å². The van der Waals surface area contributed by atoms with Crippen molar-refractivity contribution in [1.82, 2.24) is 4.31 Å². The van der Waals surface area contributed by atoms with Crippen LogP contribution in [0.1, 0.15) is 12.8 Å². The Morgan fingerprint density at radius 1 is 1.50 bits per heavy atom. The molecule has 0 radical (unpaired) electrons. The summed E-state index contributed by atoms with van der Waals surface area (Å²) in [5.41, 5.74) is 0. The number of aliphatic carboxylic acids is 1. The number of hydrogen-bond acceptors (Lipinski definition) is 3. The molecule has 0 aromatic rings. The average molecular weight is 195 g/mol. The fourth-order valence-corrected chi connectivity index (χ4v) is 1.08. The third-order valence-corrected chi connectivity index (χ3v) is 2.74. The lowest BCUT2D eigenvalue weighted by Crippen LogP contribution is -2.26. The first kappa shape index (κ1) is 11.4. The molecule has 0 unspecified atom stereocenters. The van der Waals surface area contributed by atoms with Crippen LogP contribution in [0.15, 0.2) is 0 Å². The lowest BCUT2D eigenvalue weighted by molar-refractivity contribution is -0.137. The first-order valence-electron chi connectivity index (χ1n) is 3.47. The van der Waals surface area contributed by atoms with Gasteiger partial charge in [0.1, 0.15) is 0 Å². The zero-order valence-electron chi connectivity index (χ0n) is 7.15. The highest BCUT2D eigenvalue weighted by molar-refractivity contribution is 7.88. The maximum Gasteiger partial charge on any atom is 0.303 e. The van der Waals surface area contributed by atoms with Gasteiger partial charge in [-0.2, -0.15) is 0 Å². The second-order valence-corrected chi connectivity index (χ2v) is 4.67. The Balaban J connectivity index is 3.73. The quantitative estimate of drug-likeness (QED) is 0.656. The van der Waals surface area contributed by atoms with E-state index in [0.29, 0.717) is 6.42 Å². The maximum absolute atomic E-state index is 10.8. The Kier molecular flexibility index (Phi) is 4.19. The monoisotopic (exact) mass is 195 g/mol. The molecule has 0 heterocycles. The second-order valence-electron chi connectivity index (χ2n) is 2.58. The number of carbonyl (C=O) groups is 1. The van der Waals surface area contributed by atoms with Crippen molar-refractivity contribution in [3.8, 4) is 0 Å². The lowest BCUT2D eigenvalue weighted by atomic mass is 10.3. The van der Waals surface area contributed by atoms with Crippen LogP contribution in [0.5, 0.6) is 0 Å². The summed E-state index contributed by atoms with van der Waals surface area (Å²) < 4.78 is 22.7. The predicted molar refractivity (Wildman–Crippen MR) is 44.3 cm³/mol. The van der Waals surface area contributed by atoms with Crippen LogP contribution >= 0.6 is 0 Å². The molecule has 12 heavy (non-hydrogen) atoms. The summed E-state index contributed by atoms with van der Waals surface area (Å²) in [5, 5.41) is 8.26. The average Bonchev–Trinajstić information content (AvgIpc) is 1.84. The van der Waals surface area contributed by atoms with Crippen molar-refractivity contribution < 1.29 is 18.3 Å². The summed E-state index contributed by atoms with van der Waals surface area (Å²) in [5.74, 6) is -0.906. The van der Waals surface area contributed by atoms with Gasteiger partial charge in [0.25, 0.3) is 0 Å². The molecular formula is C6H13NO4S. The molecule has 72 valence electrons. The molecule has 0 saturated carbocycles. The van der Waals surface area contributed by atoms with Crippen LogP contribution in [-0.4, -0.2) is 43.6 Å². The van der Waals surface area contributed by atoms with Gasteiger partial charge >= 0.3 is 5.97 Å². The van der Waals surface area contributed by atoms with Crippen LogP contribution in [0.3, 0.4) is 0 Å². The van der Waals surface area contributed by atoms with E-state index in [1.807, 2.05) is 0 Å². The Morgan fingerprint density at radius 2 is 2.00 bits per heavy atom. The van der Waals surface area contributed by atoms with E-state index in [1.165, 1.54) is 7.05 Å². The molecule has 6 heteroatoms. The summed E-state index contributed by atoms with van der Waals surface area (Å²) in [7, 11) is -1.73. The minimum absolute atomic E-state index is 0.000139. The molecule has 1 N–H and O–H groups in total. The van der Waals surface area contributed by atoms with Crippen LogP contribution in [0.25, 0.3) is 0 Å². The van der Waals surface area contributed by atoms with E-state index in [4.69, 9.17) is 5.11 Å². The van der Waals surface area contributed by atoms with E-state index >= 15 is 0 Å². The van der Waals surface area contributed by atoms with Gasteiger partial charge in [-0.1, -0.05) is 0 Å². The van der Waals surface area contributed by atoms with Gasteiger partial charge in [-0.05, 0) is 6.42 Å². The van der Waals surface area contributed by atoms with Crippen LogP contribution in [-0.2, 0) is 14.8 Å². The molecule has 0 aliphatic rings. The number of carboxylic acid groups (broad SMARTS) is 1. The number of rotatable bonds is 5. The zero-order chi connectivity index (χ0) is 9.78. The van der Waals surface area contributed by atoms with Gasteiger partial charge in [0, 0.05) is 20.0 Å². The molecule has 0 aliphatic carbocycles. The Morgan fingerprint density at radius 3 is 2.33 bits per heavy atom. The van der Waals surface area contributed by atoms with Crippen molar-refractivity contribution in [2.45, 2.75) is 12.8 Å². The maximum atomic E-state index is 10.8. The van der Waals surface area contributed by atoms with Gasteiger partial charge in [0.15, 0.2) is 0 Å². The molecule has 5 nitrogen and oxygen atoms in total. The molecule has 0 fully saturated rings. The van der Waals surface area contributed by atoms with Gasteiger partial charge in [0.2, 0.25) is 10.0 Å². The highest BCUT2D eigenvalue weighted by atomic mass is 32.2. The van der Waals surface area contributed by atoms with E-state index in [9.17, 15) is 13.2 Å². The van der Waals surface area contributed by atoms with Gasteiger partial charge in [-0.15, -0.1) is 0 Å². The smallest absolute Gasteiger partial charge is 0.303 e. The van der Waals surface area contributed by atoms with E-state index in [0.717, 1.165) is 10.6 Å². The van der Waals surface area contributed by atoms with Crippen molar-refractivity contribution in [1.29, 1.82) is 0 Å².